The summed E-state index contributed by atoms with van der Waals surface area (Å²) in [5.74, 6) is -0.125. The van der Waals surface area contributed by atoms with Gasteiger partial charge in [0.1, 0.15) is 0 Å². The summed E-state index contributed by atoms with van der Waals surface area (Å²) in [4.78, 5) is 12.4. The van der Waals surface area contributed by atoms with Crippen LogP contribution in [0.4, 0.5) is 11.4 Å². The van der Waals surface area contributed by atoms with Gasteiger partial charge in [0.15, 0.2) is 0 Å². The standard InChI is InChI=1S/C22H22N2O3S/c1-17-8-14-21(15-9-17)28(26,27)24(2)20-12-10-18(11-13-20)16-22(25)23-19-6-4-3-5-7-19/h3-15H,16H2,1-2H3,(H,23,25). The van der Waals surface area contributed by atoms with Crippen LogP contribution in [-0.4, -0.2) is 21.4 Å². The second kappa shape index (κ2) is 8.27. The fourth-order valence-corrected chi connectivity index (χ4v) is 3.94. The summed E-state index contributed by atoms with van der Waals surface area (Å²) < 4.78 is 26.8. The lowest BCUT2D eigenvalue weighted by atomic mass is 10.1. The number of carbonyl (C=O) groups is 1. The summed E-state index contributed by atoms with van der Waals surface area (Å²) in [6.45, 7) is 1.91. The summed E-state index contributed by atoms with van der Waals surface area (Å²) >= 11 is 0. The van der Waals surface area contributed by atoms with E-state index in [4.69, 9.17) is 0 Å². The molecule has 0 aromatic heterocycles. The third-order valence-electron chi connectivity index (χ3n) is 4.40. The van der Waals surface area contributed by atoms with E-state index in [2.05, 4.69) is 5.32 Å². The molecule has 6 heteroatoms. The van der Waals surface area contributed by atoms with E-state index in [0.29, 0.717) is 5.69 Å². The van der Waals surface area contributed by atoms with Crippen LogP contribution in [0, 0.1) is 6.92 Å². The molecule has 28 heavy (non-hydrogen) atoms. The SMILES string of the molecule is Cc1ccc(S(=O)(=O)N(C)c2ccc(CC(=O)Nc3ccccc3)cc2)cc1. The Morgan fingerprint density at radius 2 is 1.50 bits per heavy atom. The molecule has 0 aliphatic rings. The van der Waals surface area contributed by atoms with E-state index in [1.54, 1.807) is 48.5 Å². The summed E-state index contributed by atoms with van der Waals surface area (Å²) in [5.41, 5.74) is 3.08. The Balaban J connectivity index is 1.69. The van der Waals surface area contributed by atoms with Crippen LogP contribution in [0.1, 0.15) is 11.1 Å². The zero-order chi connectivity index (χ0) is 20.1. The van der Waals surface area contributed by atoms with Crippen molar-refractivity contribution in [2.24, 2.45) is 0 Å². The molecule has 0 spiro atoms. The van der Waals surface area contributed by atoms with Crippen molar-refractivity contribution in [2.45, 2.75) is 18.2 Å². The zero-order valence-corrected chi connectivity index (χ0v) is 16.6. The number of rotatable bonds is 6. The summed E-state index contributed by atoms with van der Waals surface area (Å²) in [5, 5.41) is 2.83. The van der Waals surface area contributed by atoms with Gasteiger partial charge in [-0.25, -0.2) is 8.42 Å². The monoisotopic (exact) mass is 394 g/mol. The molecule has 0 atom stereocenters. The van der Waals surface area contributed by atoms with Crippen molar-refractivity contribution in [3.8, 4) is 0 Å². The first-order valence-electron chi connectivity index (χ1n) is 8.86. The van der Waals surface area contributed by atoms with E-state index in [-0.39, 0.29) is 17.2 Å². The molecule has 0 aliphatic heterocycles. The highest BCUT2D eigenvalue weighted by atomic mass is 32.2. The molecule has 0 saturated carbocycles. The normalized spacial score (nSPS) is 11.1. The van der Waals surface area contributed by atoms with Crippen LogP contribution in [-0.2, 0) is 21.2 Å². The predicted molar refractivity (Wildman–Crippen MR) is 112 cm³/mol. The van der Waals surface area contributed by atoms with Crippen molar-refractivity contribution in [3.63, 3.8) is 0 Å². The molecule has 0 aliphatic carbocycles. The Hall–Kier alpha value is -3.12. The molecule has 5 nitrogen and oxygen atoms in total. The molecule has 3 rings (SSSR count). The van der Waals surface area contributed by atoms with Gasteiger partial charge in [0.05, 0.1) is 17.0 Å². The molecule has 1 N–H and O–H groups in total. The molecule has 0 radical (unpaired) electrons. The second-order valence-corrected chi connectivity index (χ2v) is 8.51. The Kier molecular flexibility index (Phi) is 5.80. The minimum atomic E-state index is -3.63. The molecule has 0 fully saturated rings. The number of aryl methyl sites for hydroxylation is 1. The van der Waals surface area contributed by atoms with Gasteiger partial charge in [0.25, 0.3) is 10.0 Å². The van der Waals surface area contributed by atoms with Crippen molar-refractivity contribution in [1.29, 1.82) is 0 Å². The first-order chi connectivity index (χ1) is 13.4. The largest absolute Gasteiger partial charge is 0.326 e. The molecule has 3 aromatic rings. The summed E-state index contributed by atoms with van der Waals surface area (Å²) in [6.07, 6.45) is 0.212. The van der Waals surface area contributed by atoms with Crippen LogP contribution in [0.25, 0.3) is 0 Å². The Morgan fingerprint density at radius 1 is 0.893 bits per heavy atom. The van der Waals surface area contributed by atoms with Gasteiger partial charge in [-0.1, -0.05) is 48.0 Å². The number of para-hydroxylation sites is 1. The lowest BCUT2D eigenvalue weighted by molar-refractivity contribution is -0.115. The minimum absolute atomic E-state index is 0.125. The molecule has 3 aromatic carbocycles. The van der Waals surface area contributed by atoms with Gasteiger partial charge < -0.3 is 5.32 Å². The van der Waals surface area contributed by atoms with Crippen molar-refractivity contribution in [1.82, 2.24) is 0 Å². The summed E-state index contributed by atoms with van der Waals surface area (Å²) in [6, 6.07) is 22.9. The molecule has 0 unspecified atom stereocenters. The topological polar surface area (TPSA) is 66.5 Å². The van der Waals surface area contributed by atoms with Gasteiger partial charge in [-0.15, -0.1) is 0 Å². The maximum atomic E-state index is 12.8. The minimum Gasteiger partial charge on any atom is -0.326 e. The highest BCUT2D eigenvalue weighted by molar-refractivity contribution is 7.92. The van der Waals surface area contributed by atoms with Gasteiger partial charge >= 0.3 is 0 Å². The quantitative estimate of drug-likeness (QED) is 0.687. The van der Waals surface area contributed by atoms with Gasteiger partial charge in [-0.3, -0.25) is 9.10 Å². The van der Waals surface area contributed by atoms with Gasteiger partial charge in [0, 0.05) is 12.7 Å². The first-order valence-corrected chi connectivity index (χ1v) is 10.3. The number of carbonyl (C=O) groups excluding carboxylic acids is 1. The van der Waals surface area contributed by atoms with Crippen LogP contribution in [0.5, 0.6) is 0 Å². The smallest absolute Gasteiger partial charge is 0.264 e. The molecule has 0 bridgehead atoms. The first kappa shape index (κ1) is 19.6. The maximum absolute atomic E-state index is 12.8. The van der Waals surface area contributed by atoms with Crippen LogP contribution in [0.2, 0.25) is 0 Å². The number of hydrogen-bond donors (Lipinski definition) is 1. The van der Waals surface area contributed by atoms with E-state index < -0.39 is 10.0 Å². The highest BCUT2D eigenvalue weighted by Crippen LogP contribution is 2.23. The molecular weight excluding hydrogens is 372 g/mol. The zero-order valence-electron chi connectivity index (χ0n) is 15.8. The van der Waals surface area contributed by atoms with E-state index in [9.17, 15) is 13.2 Å². The Bertz CT molecular complexity index is 1050. The molecule has 0 heterocycles. The van der Waals surface area contributed by atoms with Gasteiger partial charge in [0.2, 0.25) is 5.91 Å². The van der Waals surface area contributed by atoms with Crippen molar-refractivity contribution in [3.05, 3.63) is 90.0 Å². The van der Waals surface area contributed by atoms with Crippen LogP contribution >= 0.6 is 0 Å². The van der Waals surface area contributed by atoms with E-state index in [0.717, 1.165) is 16.8 Å². The van der Waals surface area contributed by atoms with Crippen molar-refractivity contribution < 1.29 is 13.2 Å². The summed E-state index contributed by atoms with van der Waals surface area (Å²) in [7, 11) is -2.11. The van der Waals surface area contributed by atoms with Crippen molar-refractivity contribution in [2.75, 3.05) is 16.7 Å². The highest BCUT2D eigenvalue weighted by Gasteiger charge is 2.21. The van der Waals surface area contributed by atoms with Gasteiger partial charge in [-0.05, 0) is 48.9 Å². The number of hydrogen-bond acceptors (Lipinski definition) is 3. The Morgan fingerprint density at radius 3 is 2.11 bits per heavy atom. The van der Waals surface area contributed by atoms with Gasteiger partial charge in [-0.2, -0.15) is 0 Å². The molecular formula is C22H22N2O3S. The maximum Gasteiger partial charge on any atom is 0.264 e. The fraction of sp³-hybridized carbons (Fsp3) is 0.136. The number of anilines is 2. The lowest BCUT2D eigenvalue weighted by Gasteiger charge is -2.20. The van der Waals surface area contributed by atoms with E-state index >= 15 is 0 Å². The lowest BCUT2D eigenvalue weighted by Crippen LogP contribution is -2.26. The fourth-order valence-electron chi connectivity index (χ4n) is 2.74. The Labute approximate surface area is 165 Å². The predicted octanol–water partition coefficient (Wildman–Crippen LogP) is 4.00. The third kappa shape index (κ3) is 4.58. The van der Waals surface area contributed by atoms with Crippen LogP contribution < -0.4 is 9.62 Å². The average Bonchev–Trinajstić information content (AvgIpc) is 2.69. The number of amides is 1. The third-order valence-corrected chi connectivity index (χ3v) is 6.20. The molecule has 144 valence electrons. The van der Waals surface area contributed by atoms with Crippen molar-refractivity contribution >= 4 is 27.3 Å². The van der Waals surface area contributed by atoms with E-state index in [1.807, 2.05) is 37.3 Å². The van der Waals surface area contributed by atoms with Crippen LogP contribution in [0.15, 0.2) is 83.8 Å². The number of benzene rings is 3. The number of nitrogens with one attached hydrogen (secondary N) is 1. The number of sulfonamides is 1. The van der Waals surface area contributed by atoms with E-state index in [1.165, 1.54) is 11.4 Å². The molecule has 0 saturated heterocycles. The number of nitrogens with zero attached hydrogens (tertiary/aromatic N) is 1. The molecule has 1 amide bonds. The second-order valence-electron chi connectivity index (χ2n) is 6.54. The van der Waals surface area contributed by atoms with Crippen LogP contribution in [0.3, 0.4) is 0 Å². The average molecular weight is 394 g/mol.